The van der Waals surface area contributed by atoms with E-state index in [1.165, 1.54) is 6.92 Å². The van der Waals surface area contributed by atoms with Gasteiger partial charge in [-0.05, 0) is 13.0 Å². The van der Waals surface area contributed by atoms with Crippen LogP contribution in [0.1, 0.15) is 28.5 Å². The number of halogens is 3. The molecule has 3 heterocycles. The summed E-state index contributed by atoms with van der Waals surface area (Å²) >= 11 is 0. The third-order valence-electron chi connectivity index (χ3n) is 3.80. The fourth-order valence-electron chi connectivity index (χ4n) is 2.70. The summed E-state index contributed by atoms with van der Waals surface area (Å²) in [6, 6.07) is 2.56. The van der Waals surface area contributed by atoms with Crippen LogP contribution in [0, 0.1) is 18.3 Å². The molecule has 0 spiro atoms. The molecule has 2 aromatic heterocycles. The van der Waals surface area contributed by atoms with Gasteiger partial charge in [0.2, 0.25) is 0 Å². The van der Waals surface area contributed by atoms with Crippen molar-refractivity contribution in [3.05, 3.63) is 40.8 Å². The van der Waals surface area contributed by atoms with Gasteiger partial charge in [0.15, 0.2) is 0 Å². The van der Waals surface area contributed by atoms with Crippen LogP contribution < -0.4 is 4.90 Å². The molecule has 1 N–H and O–H groups in total. The van der Waals surface area contributed by atoms with Gasteiger partial charge in [-0.2, -0.15) is 23.5 Å². The maximum atomic E-state index is 13.2. The van der Waals surface area contributed by atoms with Crippen molar-refractivity contribution in [3.8, 4) is 6.07 Å². The van der Waals surface area contributed by atoms with Crippen molar-refractivity contribution >= 4 is 5.82 Å². The second kappa shape index (κ2) is 6.13. The minimum atomic E-state index is -4.61. The Labute approximate surface area is 135 Å². The third kappa shape index (κ3) is 3.05. The Bertz CT molecular complexity index is 767. The lowest BCUT2D eigenvalue weighted by Crippen LogP contribution is -2.39. The summed E-state index contributed by atoms with van der Waals surface area (Å²) in [5.74, 6) is 0.0432. The highest BCUT2D eigenvalue weighted by molar-refractivity contribution is 5.59. The number of hydrogen-bond acceptors (Lipinski definition) is 5. The molecule has 1 unspecified atom stereocenters. The summed E-state index contributed by atoms with van der Waals surface area (Å²) in [4.78, 5) is 5.84. The molecule has 24 heavy (non-hydrogen) atoms. The van der Waals surface area contributed by atoms with E-state index in [0.29, 0.717) is 19.7 Å². The van der Waals surface area contributed by atoms with E-state index in [0.717, 1.165) is 11.6 Å². The fraction of sp³-hybridized carbons (Fsp3) is 0.400. The van der Waals surface area contributed by atoms with Gasteiger partial charge in [0, 0.05) is 24.0 Å². The maximum absolute atomic E-state index is 13.2. The van der Waals surface area contributed by atoms with Crippen LogP contribution in [0.15, 0.2) is 18.5 Å². The molecule has 0 amide bonds. The van der Waals surface area contributed by atoms with E-state index in [4.69, 9.17) is 4.74 Å². The van der Waals surface area contributed by atoms with E-state index in [1.807, 2.05) is 0 Å². The summed E-state index contributed by atoms with van der Waals surface area (Å²) in [5, 5.41) is 15.8. The summed E-state index contributed by atoms with van der Waals surface area (Å²) in [6.45, 7) is 2.45. The lowest BCUT2D eigenvalue weighted by molar-refractivity contribution is -0.137. The van der Waals surface area contributed by atoms with Gasteiger partial charge in [0.25, 0.3) is 0 Å². The van der Waals surface area contributed by atoms with E-state index in [2.05, 4.69) is 15.2 Å². The first-order valence-corrected chi connectivity index (χ1v) is 7.24. The Morgan fingerprint density at radius 1 is 1.46 bits per heavy atom. The topological polar surface area (TPSA) is 77.8 Å². The van der Waals surface area contributed by atoms with Crippen molar-refractivity contribution in [2.24, 2.45) is 0 Å². The predicted molar refractivity (Wildman–Crippen MR) is 78.2 cm³/mol. The predicted octanol–water partition coefficient (Wildman–Crippen LogP) is 2.58. The molecule has 1 atom stereocenters. The summed E-state index contributed by atoms with van der Waals surface area (Å²) < 4.78 is 45.3. The molecule has 9 heteroatoms. The zero-order valence-corrected chi connectivity index (χ0v) is 12.8. The molecule has 1 aliphatic rings. The van der Waals surface area contributed by atoms with Crippen LogP contribution in [0.25, 0.3) is 0 Å². The van der Waals surface area contributed by atoms with Gasteiger partial charge in [-0.25, -0.2) is 4.98 Å². The van der Waals surface area contributed by atoms with Crippen LogP contribution in [-0.4, -0.2) is 34.9 Å². The zero-order chi connectivity index (χ0) is 17.3. The minimum Gasteiger partial charge on any atom is -0.370 e. The molecule has 1 aliphatic heterocycles. The Morgan fingerprint density at radius 2 is 2.25 bits per heavy atom. The first kappa shape index (κ1) is 16.3. The van der Waals surface area contributed by atoms with Crippen molar-refractivity contribution < 1.29 is 17.9 Å². The number of morpholine rings is 1. The quantitative estimate of drug-likeness (QED) is 0.911. The molecule has 1 saturated heterocycles. The number of anilines is 1. The van der Waals surface area contributed by atoms with Gasteiger partial charge in [-0.1, -0.05) is 0 Å². The third-order valence-corrected chi connectivity index (χ3v) is 3.80. The van der Waals surface area contributed by atoms with Gasteiger partial charge >= 0.3 is 6.18 Å². The number of nitrogens with zero attached hydrogens (tertiary/aromatic N) is 4. The highest BCUT2D eigenvalue weighted by atomic mass is 19.4. The molecule has 3 rings (SSSR count). The number of aryl methyl sites for hydroxylation is 1. The Balaban J connectivity index is 1.99. The van der Waals surface area contributed by atoms with Crippen LogP contribution >= 0.6 is 0 Å². The van der Waals surface area contributed by atoms with Crippen molar-refractivity contribution in [1.82, 2.24) is 15.2 Å². The second-order valence-electron chi connectivity index (χ2n) is 5.46. The number of ether oxygens (including phenoxy) is 1. The average Bonchev–Trinajstić information content (AvgIpc) is 3.08. The maximum Gasteiger partial charge on any atom is 0.417 e. The summed E-state index contributed by atoms with van der Waals surface area (Å²) in [6.07, 6.45) is -1.68. The molecule has 0 saturated carbocycles. The molecule has 6 nitrogen and oxygen atoms in total. The molecular formula is C15H14F3N5O. The first-order valence-electron chi connectivity index (χ1n) is 7.24. The SMILES string of the molecule is Cc1cc(C(F)(F)F)c(C#N)c(N2CCOC(c3cn[nH]c3)C2)n1. The van der Waals surface area contributed by atoms with Crippen LogP contribution in [-0.2, 0) is 10.9 Å². The van der Waals surface area contributed by atoms with Gasteiger partial charge < -0.3 is 9.64 Å². The number of pyridine rings is 1. The van der Waals surface area contributed by atoms with Crippen LogP contribution in [0.2, 0.25) is 0 Å². The van der Waals surface area contributed by atoms with E-state index < -0.39 is 17.3 Å². The fourth-order valence-corrected chi connectivity index (χ4v) is 2.70. The number of rotatable bonds is 2. The molecule has 0 aliphatic carbocycles. The second-order valence-corrected chi connectivity index (χ2v) is 5.46. The smallest absolute Gasteiger partial charge is 0.370 e. The molecule has 2 aromatic rings. The van der Waals surface area contributed by atoms with Crippen LogP contribution in [0.5, 0.6) is 0 Å². The van der Waals surface area contributed by atoms with Crippen LogP contribution in [0.3, 0.4) is 0 Å². The van der Waals surface area contributed by atoms with Crippen LogP contribution in [0.4, 0.5) is 19.0 Å². The molecular weight excluding hydrogens is 323 g/mol. The summed E-state index contributed by atoms with van der Waals surface area (Å²) in [5.41, 5.74) is -0.413. The van der Waals surface area contributed by atoms with Crippen molar-refractivity contribution in [2.45, 2.75) is 19.2 Å². The van der Waals surface area contributed by atoms with Crippen molar-refractivity contribution in [1.29, 1.82) is 5.26 Å². The lowest BCUT2D eigenvalue weighted by atomic mass is 10.1. The van der Waals surface area contributed by atoms with E-state index in [-0.39, 0.29) is 17.6 Å². The zero-order valence-electron chi connectivity index (χ0n) is 12.8. The van der Waals surface area contributed by atoms with Crippen molar-refractivity contribution in [2.75, 3.05) is 24.6 Å². The Kier molecular flexibility index (Phi) is 4.15. The molecule has 0 aromatic carbocycles. The number of hydrogen-bond donors (Lipinski definition) is 1. The first-order chi connectivity index (χ1) is 11.4. The van der Waals surface area contributed by atoms with Crippen molar-refractivity contribution in [3.63, 3.8) is 0 Å². The van der Waals surface area contributed by atoms with Gasteiger partial charge in [0.1, 0.15) is 23.6 Å². The number of nitriles is 1. The normalized spacial score (nSPS) is 18.5. The Morgan fingerprint density at radius 3 is 2.88 bits per heavy atom. The standard InChI is InChI=1S/C15H14F3N5O/c1-9-4-12(15(16,17)18)11(5-19)14(22-9)23-2-3-24-13(8-23)10-6-20-21-7-10/h4,6-7,13H,2-3,8H2,1H3,(H,20,21). The highest BCUT2D eigenvalue weighted by Crippen LogP contribution is 2.36. The van der Waals surface area contributed by atoms with E-state index in [9.17, 15) is 18.4 Å². The largest absolute Gasteiger partial charge is 0.417 e. The number of alkyl halides is 3. The number of H-pyrrole nitrogens is 1. The number of nitrogens with one attached hydrogen (secondary N) is 1. The average molecular weight is 337 g/mol. The minimum absolute atomic E-state index is 0.0432. The summed E-state index contributed by atoms with van der Waals surface area (Å²) in [7, 11) is 0. The molecule has 1 fully saturated rings. The van der Waals surface area contributed by atoms with Gasteiger partial charge in [0.05, 0.1) is 24.9 Å². The monoisotopic (exact) mass is 337 g/mol. The molecule has 126 valence electrons. The van der Waals surface area contributed by atoms with E-state index in [1.54, 1.807) is 23.4 Å². The van der Waals surface area contributed by atoms with Gasteiger partial charge in [-0.15, -0.1) is 0 Å². The molecule has 0 radical (unpaired) electrons. The van der Waals surface area contributed by atoms with Gasteiger partial charge in [-0.3, -0.25) is 5.10 Å². The number of aromatic amines is 1. The molecule has 0 bridgehead atoms. The van der Waals surface area contributed by atoms with E-state index >= 15 is 0 Å². The Hall–Kier alpha value is -2.60. The number of aromatic nitrogens is 3. The highest BCUT2D eigenvalue weighted by Gasteiger charge is 2.37. The lowest BCUT2D eigenvalue weighted by Gasteiger charge is -2.34.